The van der Waals surface area contributed by atoms with Gasteiger partial charge in [-0.25, -0.2) is 11.1 Å². The Hall–Kier alpha value is -0.807. The van der Waals surface area contributed by atoms with Crippen LogP contribution in [-0.2, 0) is 26.2 Å². The van der Waals surface area contributed by atoms with E-state index in [1.54, 1.807) is 0 Å². The van der Waals surface area contributed by atoms with Crippen molar-refractivity contribution in [2.45, 2.75) is 27.7 Å². The third-order valence-corrected chi connectivity index (χ3v) is 2.95. The van der Waals surface area contributed by atoms with Gasteiger partial charge in [0.15, 0.2) is 0 Å². The molecule has 0 N–H and O–H groups in total. The minimum atomic E-state index is 0. The molecule has 92 valence electrons. The molecule has 0 unspecified atom stereocenters. The fraction of sp³-hybridized carbons (Fsp3) is 0.235. The van der Waals surface area contributed by atoms with Crippen LogP contribution in [0.25, 0.3) is 10.8 Å². The molecule has 1 heteroatoms. The maximum Gasteiger partial charge on any atom is 2.00 e. The SMILES string of the molecule is C[C-]=C(C)/C(C)=C/C.[Zr+2].c1ccc2[cH-]ccc2c1. The minimum absolute atomic E-state index is 0. The monoisotopic (exact) mass is 314 g/mol. The summed E-state index contributed by atoms with van der Waals surface area (Å²) in [4.78, 5) is 0. The molecule has 2 rings (SSSR count). The van der Waals surface area contributed by atoms with Gasteiger partial charge in [-0.15, -0.1) is 43.5 Å². The van der Waals surface area contributed by atoms with Crippen LogP contribution in [-0.4, -0.2) is 0 Å². The van der Waals surface area contributed by atoms with Crippen LogP contribution in [0.1, 0.15) is 27.7 Å². The Labute approximate surface area is 130 Å². The van der Waals surface area contributed by atoms with Crippen LogP contribution in [0, 0.1) is 6.08 Å². The second-order valence-electron chi connectivity index (χ2n) is 4.00. The number of rotatable bonds is 1. The van der Waals surface area contributed by atoms with E-state index in [1.165, 1.54) is 21.9 Å². The second-order valence-corrected chi connectivity index (χ2v) is 4.00. The van der Waals surface area contributed by atoms with Crippen LogP contribution >= 0.6 is 0 Å². The smallest absolute Gasteiger partial charge is 0.275 e. The van der Waals surface area contributed by atoms with Crippen molar-refractivity contribution in [3.05, 3.63) is 65.8 Å². The Morgan fingerprint density at radius 1 is 1.17 bits per heavy atom. The maximum atomic E-state index is 3.06. The molecule has 0 bridgehead atoms. The summed E-state index contributed by atoms with van der Waals surface area (Å²) in [6.07, 6.45) is 5.15. The van der Waals surface area contributed by atoms with Gasteiger partial charge < -0.3 is 0 Å². The molecule has 0 aliphatic rings. The van der Waals surface area contributed by atoms with Crippen molar-refractivity contribution < 1.29 is 26.2 Å². The molecule has 0 saturated carbocycles. The minimum Gasteiger partial charge on any atom is -0.275 e. The first-order valence-electron chi connectivity index (χ1n) is 5.94. The predicted molar refractivity (Wildman–Crippen MR) is 77.1 cm³/mol. The largest absolute Gasteiger partial charge is 2.00 e. The molecule has 0 fully saturated rings. The van der Waals surface area contributed by atoms with E-state index >= 15 is 0 Å². The van der Waals surface area contributed by atoms with Crippen LogP contribution in [0.15, 0.2) is 59.7 Å². The summed E-state index contributed by atoms with van der Waals surface area (Å²) in [7, 11) is 0. The first-order valence-corrected chi connectivity index (χ1v) is 5.94. The van der Waals surface area contributed by atoms with Crippen LogP contribution in [0.5, 0.6) is 0 Å². The van der Waals surface area contributed by atoms with Crippen LogP contribution in [0.3, 0.4) is 0 Å². The van der Waals surface area contributed by atoms with Gasteiger partial charge in [0, 0.05) is 0 Å². The Balaban J connectivity index is 0.000000308. The molecule has 0 spiro atoms. The summed E-state index contributed by atoms with van der Waals surface area (Å²) in [5, 5.41) is 2.66. The molecular formula is C17H20Zr. The van der Waals surface area contributed by atoms with E-state index in [-0.39, 0.29) is 26.2 Å². The quantitative estimate of drug-likeness (QED) is 0.496. The Bertz CT molecular complexity index is 469. The van der Waals surface area contributed by atoms with Gasteiger partial charge in [0.05, 0.1) is 0 Å². The van der Waals surface area contributed by atoms with Gasteiger partial charge in [-0.2, -0.15) is 23.6 Å². The average molecular weight is 316 g/mol. The first kappa shape index (κ1) is 17.2. The third-order valence-electron chi connectivity index (χ3n) is 2.95. The molecule has 0 nitrogen and oxygen atoms in total. The van der Waals surface area contributed by atoms with Crippen LogP contribution < -0.4 is 0 Å². The second kappa shape index (κ2) is 9.17. The molecule has 0 amide bonds. The standard InChI is InChI=1S/C9H7.C8H13.Zr/c1-2-5-9-7-3-6-8(9)4-1;1-5-7(3)8(4)6-2;/h1-7H;5H,1-4H3;/q2*-1;+2/b;7-5+;. The van der Waals surface area contributed by atoms with Gasteiger partial charge in [0.25, 0.3) is 0 Å². The number of allylic oxidation sites excluding steroid dienone is 4. The van der Waals surface area contributed by atoms with Gasteiger partial charge >= 0.3 is 26.2 Å². The van der Waals surface area contributed by atoms with Gasteiger partial charge in [-0.05, 0) is 0 Å². The van der Waals surface area contributed by atoms with Crippen molar-refractivity contribution in [1.82, 2.24) is 0 Å². The number of benzene rings is 1. The van der Waals surface area contributed by atoms with Gasteiger partial charge in [0.2, 0.25) is 0 Å². The summed E-state index contributed by atoms with van der Waals surface area (Å²) >= 11 is 0. The van der Waals surface area contributed by atoms with Crippen molar-refractivity contribution in [2.24, 2.45) is 0 Å². The van der Waals surface area contributed by atoms with Crippen LogP contribution in [0.2, 0.25) is 0 Å². The Kier molecular flexibility index (Phi) is 8.76. The molecule has 0 aliphatic carbocycles. The summed E-state index contributed by atoms with van der Waals surface area (Å²) in [6.45, 7) is 8.12. The fourth-order valence-electron chi connectivity index (χ4n) is 1.48. The van der Waals surface area contributed by atoms with Crippen molar-refractivity contribution in [3.63, 3.8) is 0 Å². The topological polar surface area (TPSA) is 0 Å². The van der Waals surface area contributed by atoms with Crippen molar-refractivity contribution >= 4 is 10.8 Å². The Morgan fingerprint density at radius 2 is 1.83 bits per heavy atom. The van der Waals surface area contributed by atoms with Crippen molar-refractivity contribution in [1.29, 1.82) is 0 Å². The molecule has 18 heavy (non-hydrogen) atoms. The van der Waals surface area contributed by atoms with E-state index in [9.17, 15) is 0 Å². The Morgan fingerprint density at radius 3 is 2.33 bits per heavy atom. The van der Waals surface area contributed by atoms with E-state index in [2.05, 4.69) is 68.5 Å². The molecule has 0 atom stereocenters. The number of hydrogen-bond acceptors (Lipinski definition) is 0. The van der Waals surface area contributed by atoms with Crippen LogP contribution in [0.4, 0.5) is 0 Å². The van der Waals surface area contributed by atoms with E-state index in [4.69, 9.17) is 0 Å². The molecule has 0 radical (unpaired) electrons. The summed E-state index contributed by atoms with van der Waals surface area (Å²) in [5.41, 5.74) is 2.56. The summed E-state index contributed by atoms with van der Waals surface area (Å²) < 4.78 is 0. The van der Waals surface area contributed by atoms with Crippen molar-refractivity contribution in [3.8, 4) is 0 Å². The number of hydrogen-bond donors (Lipinski definition) is 0. The normalized spacial score (nSPS) is 11.6. The molecular weight excluding hydrogens is 295 g/mol. The van der Waals surface area contributed by atoms with Gasteiger partial charge in [0.1, 0.15) is 0 Å². The van der Waals surface area contributed by atoms with E-state index in [0.717, 1.165) is 0 Å². The summed E-state index contributed by atoms with van der Waals surface area (Å²) in [6, 6.07) is 14.7. The van der Waals surface area contributed by atoms with E-state index in [0.29, 0.717) is 0 Å². The number of fused-ring (bicyclic) bond motifs is 1. The molecule has 2 aromatic carbocycles. The first-order chi connectivity index (χ1) is 8.19. The zero-order valence-electron chi connectivity index (χ0n) is 11.6. The maximum absolute atomic E-state index is 3.06. The summed E-state index contributed by atoms with van der Waals surface area (Å²) in [5.74, 6) is 0. The molecule has 2 aromatic rings. The zero-order valence-corrected chi connectivity index (χ0v) is 14.1. The third kappa shape index (κ3) is 5.23. The molecule has 0 saturated heterocycles. The van der Waals surface area contributed by atoms with Gasteiger partial charge in [-0.1, -0.05) is 19.9 Å². The zero-order chi connectivity index (χ0) is 12.7. The average Bonchev–Trinajstić information content (AvgIpc) is 2.85. The molecule has 0 heterocycles. The van der Waals surface area contributed by atoms with Gasteiger partial charge in [-0.3, -0.25) is 6.08 Å². The molecule has 0 aliphatic heterocycles. The van der Waals surface area contributed by atoms with E-state index in [1.807, 2.05) is 13.8 Å². The van der Waals surface area contributed by atoms with Crippen molar-refractivity contribution in [2.75, 3.05) is 0 Å². The molecule has 0 aromatic heterocycles. The van der Waals surface area contributed by atoms with E-state index < -0.39 is 0 Å². The predicted octanol–water partition coefficient (Wildman–Crippen LogP) is 5.28. The fourth-order valence-corrected chi connectivity index (χ4v) is 1.48.